The monoisotopic (exact) mass is 257 g/mol. The molecule has 0 aliphatic rings. The number of H-pyrrole nitrogens is 1. The Balaban J connectivity index is 2.56. The number of aromatic amines is 1. The number of halogens is 3. The third-order valence-electron chi connectivity index (χ3n) is 2.41. The van der Waals surface area contributed by atoms with Crippen LogP contribution in [0.25, 0.3) is 11.3 Å². The van der Waals surface area contributed by atoms with Crippen LogP contribution < -0.4 is 10.5 Å². The van der Waals surface area contributed by atoms with E-state index in [-0.39, 0.29) is 11.5 Å². The predicted molar refractivity (Wildman–Crippen MR) is 60.0 cm³/mol. The zero-order valence-corrected chi connectivity index (χ0v) is 9.38. The van der Waals surface area contributed by atoms with Gasteiger partial charge in [0.25, 0.3) is 0 Å². The molecule has 7 heteroatoms. The maximum Gasteiger partial charge on any atom is 0.416 e. The Morgan fingerprint density at radius 3 is 2.56 bits per heavy atom. The van der Waals surface area contributed by atoms with Gasteiger partial charge in [-0.2, -0.15) is 13.2 Å². The zero-order valence-electron chi connectivity index (χ0n) is 9.38. The van der Waals surface area contributed by atoms with Gasteiger partial charge in [-0.15, -0.1) is 0 Å². The number of hydrogen-bond donors (Lipinski definition) is 2. The van der Waals surface area contributed by atoms with Gasteiger partial charge in [-0.05, 0) is 18.2 Å². The number of nitrogens with two attached hydrogens (primary N) is 1. The van der Waals surface area contributed by atoms with Gasteiger partial charge in [-0.25, -0.2) is 4.98 Å². The minimum absolute atomic E-state index is 0.129. The summed E-state index contributed by atoms with van der Waals surface area (Å²) in [6, 6.07) is 3.21. The lowest BCUT2D eigenvalue weighted by atomic mass is 10.1. The summed E-state index contributed by atoms with van der Waals surface area (Å²) < 4.78 is 42.9. The van der Waals surface area contributed by atoms with Crippen LogP contribution in [0.3, 0.4) is 0 Å². The molecule has 0 saturated heterocycles. The zero-order chi connectivity index (χ0) is 13.3. The molecule has 0 bridgehead atoms. The normalized spacial score (nSPS) is 11.6. The molecule has 18 heavy (non-hydrogen) atoms. The van der Waals surface area contributed by atoms with E-state index in [0.29, 0.717) is 11.4 Å². The number of anilines is 1. The minimum atomic E-state index is -4.41. The third kappa shape index (κ3) is 2.24. The molecule has 0 aliphatic carbocycles. The maximum absolute atomic E-state index is 12.6. The lowest BCUT2D eigenvalue weighted by molar-refractivity contribution is -0.137. The van der Waals surface area contributed by atoms with Crippen molar-refractivity contribution < 1.29 is 17.9 Å². The Hall–Kier alpha value is -2.18. The molecule has 1 aromatic heterocycles. The first-order valence-corrected chi connectivity index (χ1v) is 4.98. The van der Waals surface area contributed by atoms with E-state index in [1.54, 1.807) is 0 Å². The SMILES string of the molecule is COc1ccc(C(F)(F)F)cc1-c1cnc(N)[nH]1. The summed E-state index contributed by atoms with van der Waals surface area (Å²) in [5.74, 6) is 0.441. The van der Waals surface area contributed by atoms with Crippen LogP contribution >= 0.6 is 0 Å². The Kier molecular flexibility index (Phi) is 2.90. The van der Waals surface area contributed by atoms with Gasteiger partial charge in [0.05, 0.1) is 24.6 Å². The summed E-state index contributed by atoms with van der Waals surface area (Å²) in [4.78, 5) is 6.41. The summed E-state index contributed by atoms with van der Waals surface area (Å²) in [6.07, 6.45) is -3.06. The van der Waals surface area contributed by atoms with Gasteiger partial charge in [0.2, 0.25) is 0 Å². The topological polar surface area (TPSA) is 63.9 Å². The number of rotatable bonds is 2. The molecular weight excluding hydrogens is 247 g/mol. The summed E-state index contributed by atoms with van der Waals surface area (Å²) in [7, 11) is 1.38. The lowest BCUT2D eigenvalue weighted by Crippen LogP contribution is -2.05. The van der Waals surface area contributed by atoms with Crippen molar-refractivity contribution in [3.05, 3.63) is 30.0 Å². The number of methoxy groups -OCH3 is 1. The molecule has 1 heterocycles. The number of nitrogens with one attached hydrogen (secondary N) is 1. The Morgan fingerprint density at radius 1 is 1.33 bits per heavy atom. The third-order valence-corrected chi connectivity index (χ3v) is 2.41. The lowest BCUT2D eigenvalue weighted by Gasteiger charge is -2.11. The molecule has 0 amide bonds. The van der Waals surface area contributed by atoms with Crippen LogP contribution in [0.15, 0.2) is 24.4 Å². The van der Waals surface area contributed by atoms with Crippen LogP contribution in [-0.2, 0) is 6.18 Å². The molecule has 0 spiro atoms. The van der Waals surface area contributed by atoms with Crippen molar-refractivity contribution in [3.63, 3.8) is 0 Å². The van der Waals surface area contributed by atoms with Gasteiger partial charge < -0.3 is 15.5 Å². The first kappa shape index (κ1) is 12.3. The summed E-state index contributed by atoms with van der Waals surface area (Å²) in [5.41, 5.74) is 5.28. The highest BCUT2D eigenvalue weighted by molar-refractivity contribution is 5.68. The summed E-state index contributed by atoms with van der Waals surface area (Å²) >= 11 is 0. The number of ether oxygens (including phenoxy) is 1. The van der Waals surface area contributed by atoms with Crippen molar-refractivity contribution in [1.29, 1.82) is 0 Å². The molecule has 0 saturated carbocycles. The molecule has 3 N–H and O–H groups in total. The fourth-order valence-electron chi connectivity index (χ4n) is 1.57. The van der Waals surface area contributed by atoms with E-state index in [9.17, 15) is 13.2 Å². The van der Waals surface area contributed by atoms with E-state index in [1.807, 2.05) is 0 Å². The average Bonchev–Trinajstić information content (AvgIpc) is 2.73. The van der Waals surface area contributed by atoms with Crippen LogP contribution in [0.4, 0.5) is 19.1 Å². The van der Waals surface area contributed by atoms with Crippen LogP contribution in [0.5, 0.6) is 5.75 Å². The van der Waals surface area contributed by atoms with Crippen molar-refractivity contribution >= 4 is 5.95 Å². The van der Waals surface area contributed by atoms with E-state index in [1.165, 1.54) is 19.4 Å². The molecule has 0 fully saturated rings. The fourth-order valence-corrected chi connectivity index (χ4v) is 1.57. The number of nitrogens with zero attached hydrogens (tertiary/aromatic N) is 1. The molecule has 0 atom stereocenters. The van der Waals surface area contributed by atoms with Crippen LogP contribution in [-0.4, -0.2) is 17.1 Å². The van der Waals surface area contributed by atoms with Crippen LogP contribution in [0.2, 0.25) is 0 Å². The smallest absolute Gasteiger partial charge is 0.416 e. The van der Waals surface area contributed by atoms with Crippen LogP contribution in [0.1, 0.15) is 5.56 Å². The second-order valence-electron chi connectivity index (χ2n) is 3.59. The number of alkyl halides is 3. The van der Waals surface area contributed by atoms with E-state index in [2.05, 4.69) is 9.97 Å². The first-order chi connectivity index (χ1) is 8.41. The summed E-state index contributed by atoms with van der Waals surface area (Å²) in [5, 5.41) is 0. The standard InChI is InChI=1S/C11H10F3N3O/c1-18-9-3-2-6(11(12,13)14)4-7(9)8-5-16-10(15)17-8/h2-5H,1H3,(H3,15,16,17). The van der Waals surface area contributed by atoms with Crippen molar-refractivity contribution in [2.45, 2.75) is 6.18 Å². The highest BCUT2D eigenvalue weighted by atomic mass is 19.4. The highest BCUT2D eigenvalue weighted by Gasteiger charge is 2.31. The molecule has 0 radical (unpaired) electrons. The molecular formula is C11H10F3N3O. The predicted octanol–water partition coefficient (Wildman–Crippen LogP) is 2.69. The number of nitrogen functional groups attached to an aromatic ring is 1. The Bertz CT molecular complexity index is 563. The van der Waals surface area contributed by atoms with Gasteiger partial charge in [0.15, 0.2) is 5.95 Å². The molecule has 96 valence electrons. The van der Waals surface area contributed by atoms with Crippen molar-refractivity contribution in [1.82, 2.24) is 9.97 Å². The van der Waals surface area contributed by atoms with Crippen molar-refractivity contribution in [3.8, 4) is 17.0 Å². The molecule has 2 aromatic rings. The second kappa shape index (κ2) is 4.25. The average molecular weight is 257 g/mol. The molecule has 0 unspecified atom stereocenters. The number of benzene rings is 1. The number of aromatic nitrogens is 2. The number of imidazole rings is 1. The molecule has 1 aromatic carbocycles. The first-order valence-electron chi connectivity index (χ1n) is 4.98. The van der Waals surface area contributed by atoms with E-state index >= 15 is 0 Å². The number of hydrogen-bond acceptors (Lipinski definition) is 3. The highest BCUT2D eigenvalue weighted by Crippen LogP contribution is 2.36. The van der Waals surface area contributed by atoms with E-state index < -0.39 is 11.7 Å². The molecule has 0 aliphatic heterocycles. The second-order valence-corrected chi connectivity index (χ2v) is 3.59. The molecule has 2 rings (SSSR count). The van der Waals surface area contributed by atoms with Gasteiger partial charge in [-0.3, -0.25) is 0 Å². The minimum Gasteiger partial charge on any atom is -0.496 e. The van der Waals surface area contributed by atoms with Crippen molar-refractivity contribution in [2.24, 2.45) is 0 Å². The van der Waals surface area contributed by atoms with Crippen LogP contribution in [0, 0.1) is 0 Å². The molecule has 4 nitrogen and oxygen atoms in total. The Morgan fingerprint density at radius 2 is 2.06 bits per heavy atom. The summed E-state index contributed by atoms with van der Waals surface area (Å²) in [6.45, 7) is 0. The fraction of sp³-hybridized carbons (Fsp3) is 0.182. The largest absolute Gasteiger partial charge is 0.496 e. The van der Waals surface area contributed by atoms with Crippen molar-refractivity contribution in [2.75, 3.05) is 12.8 Å². The quantitative estimate of drug-likeness (QED) is 0.869. The van der Waals surface area contributed by atoms with Gasteiger partial charge in [-0.1, -0.05) is 0 Å². The van der Waals surface area contributed by atoms with Gasteiger partial charge >= 0.3 is 6.18 Å². The Labute approximate surface area is 101 Å². The van der Waals surface area contributed by atoms with E-state index in [4.69, 9.17) is 10.5 Å². The van der Waals surface area contributed by atoms with Gasteiger partial charge in [0.1, 0.15) is 5.75 Å². The van der Waals surface area contributed by atoms with Gasteiger partial charge in [0, 0.05) is 5.56 Å². The van der Waals surface area contributed by atoms with E-state index in [0.717, 1.165) is 12.1 Å². The maximum atomic E-state index is 12.6.